The zero-order valence-electron chi connectivity index (χ0n) is 10.2. The van der Waals surface area contributed by atoms with E-state index in [9.17, 15) is 0 Å². The van der Waals surface area contributed by atoms with Gasteiger partial charge in [0.1, 0.15) is 0 Å². The van der Waals surface area contributed by atoms with Crippen LogP contribution in [0.5, 0.6) is 0 Å². The van der Waals surface area contributed by atoms with E-state index in [1.165, 1.54) is 0 Å². The second-order valence-electron chi connectivity index (χ2n) is 4.20. The fourth-order valence-corrected chi connectivity index (χ4v) is 1.93. The Morgan fingerprint density at radius 3 is 2.32 bits per heavy atom. The summed E-state index contributed by atoms with van der Waals surface area (Å²) in [6.45, 7) is 0. The van der Waals surface area contributed by atoms with Crippen LogP contribution >= 0.6 is 0 Å². The van der Waals surface area contributed by atoms with Gasteiger partial charge in [0.05, 0.1) is 23.5 Å². The average molecular weight is 245 g/mol. The van der Waals surface area contributed by atoms with Gasteiger partial charge in [-0.3, -0.25) is 0 Å². The predicted octanol–water partition coefficient (Wildman–Crippen LogP) is 3.41. The maximum Gasteiger partial charge on any atom is 0.0991 e. The lowest BCUT2D eigenvalue weighted by Gasteiger charge is -1.99. The van der Waals surface area contributed by atoms with E-state index < -0.39 is 0 Å². The highest BCUT2D eigenvalue weighted by Crippen LogP contribution is 2.20. The van der Waals surface area contributed by atoms with Crippen LogP contribution in [0.3, 0.4) is 0 Å². The number of hydrogen-bond donors (Lipinski definition) is 0. The van der Waals surface area contributed by atoms with Gasteiger partial charge < -0.3 is 0 Å². The Morgan fingerprint density at radius 1 is 0.895 bits per heavy atom. The van der Waals surface area contributed by atoms with Gasteiger partial charge in [-0.25, -0.2) is 4.68 Å². The van der Waals surface area contributed by atoms with E-state index in [1.807, 2.05) is 71.7 Å². The molecule has 90 valence electrons. The van der Waals surface area contributed by atoms with Crippen LogP contribution < -0.4 is 0 Å². The van der Waals surface area contributed by atoms with Crippen molar-refractivity contribution in [3.05, 3.63) is 72.6 Å². The summed E-state index contributed by atoms with van der Waals surface area (Å²) in [7, 11) is 0. The molecule has 0 fully saturated rings. The van der Waals surface area contributed by atoms with Gasteiger partial charge in [-0.2, -0.15) is 10.4 Å². The number of aromatic nitrogens is 2. The predicted molar refractivity (Wildman–Crippen MR) is 73.7 cm³/mol. The molecule has 0 saturated heterocycles. The molecule has 0 bridgehead atoms. The maximum absolute atomic E-state index is 8.79. The Labute approximate surface area is 111 Å². The molecule has 0 N–H and O–H groups in total. The summed E-state index contributed by atoms with van der Waals surface area (Å²) >= 11 is 0. The summed E-state index contributed by atoms with van der Waals surface area (Å²) in [5, 5.41) is 13.1. The molecule has 2 aromatic carbocycles. The van der Waals surface area contributed by atoms with Crippen molar-refractivity contribution in [2.45, 2.75) is 0 Å². The Hall–Kier alpha value is -2.86. The number of para-hydroxylation sites is 1. The lowest BCUT2D eigenvalue weighted by atomic mass is 10.1. The van der Waals surface area contributed by atoms with Gasteiger partial charge in [0.25, 0.3) is 0 Å². The Balaban J connectivity index is 1.95. The highest BCUT2D eigenvalue weighted by Gasteiger charge is 2.03. The largest absolute Gasteiger partial charge is 0.240 e. The summed E-state index contributed by atoms with van der Waals surface area (Å²) in [5.41, 5.74) is 3.79. The molecule has 3 heteroatoms. The molecule has 1 aromatic heterocycles. The first-order chi connectivity index (χ1) is 9.36. The second kappa shape index (κ2) is 4.79. The van der Waals surface area contributed by atoms with Crippen molar-refractivity contribution >= 4 is 0 Å². The smallest absolute Gasteiger partial charge is 0.0991 e. The third-order valence-corrected chi connectivity index (χ3v) is 2.95. The highest BCUT2D eigenvalue weighted by molar-refractivity contribution is 5.63. The molecule has 0 amide bonds. The van der Waals surface area contributed by atoms with Crippen LogP contribution in [0.2, 0.25) is 0 Å². The molecule has 0 unspecified atom stereocenters. The summed E-state index contributed by atoms with van der Waals surface area (Å²) in [6, 6.07) is 19.6. The van der Waals surface area contributed by atoms with E-state index in [0.717, 1.165) is 16.8 Å². The molecule has 0 spiro atoms. The lowest BCUT2D eigenvalue weighted by molar-refractivity contribution is 0.881. The van der Waals surface area contributed by atoms with Gasteiger partial charge in [-0.1, -0.05) is 30.3 Å². The average Bonchev–Trinajstić information content (AvgIpc) is 2.98. The zero-order valence-corrected chi connectivity index (χ0v) is 10.2. The van der Waals surface area contributed by atoms with E-state index in [1.54, 1.807) is 0 Å². The molecule has 3 aromatic rings. The Morgan fingerprint density at radius 2 is 1.63 bits per heavy atom. The van der Waals surface area contributed by atoms with Gasteiger partial charge in [0.2, 0.25) is 0 Å². The molecule has 0 aliphatic heterocycles. The van der Waals surface area contributed by atoms with Gasteiger partial charge in [-0.15, -0.1) is 0 Å². The molecule has 3 nitrogen and oxygen atoms in total. The van der Waals surface area contributed by atoms with E-state index in [-0.39, 0.29) is 0 Å². The lowest BCUT2D eigenvalue weighted by Crippen LogP contribution is -1.92. The van der Waals surface area contributed by atoms with Crippen LogP contribution in [0.15, 0.2) is 67.0 Å². The first-order valence-corrected chi connectivity index (χ1v) is 5.97. The van der Waals surface area contributed by atoms with Crippen LogP contribution in [0.25, 0.3) is 16.8 Å². The standard InChI is InChI=1S/C16H11N3/c17-10-13-6-8-14(9-7-13)15-11-18-19(12-15)16-4-2-1-3-5-16/h1-9,11-12H. The number of nitriles is 1. The minimum atomic E-state index is 0.666. The topological polar surface area (TPSA) is 41.6 Å². The SMILES string of the molecule is N#Cc1ccc(-c2cnn(-c3ccccc3)c2)cc1. The van der Waals surface area contributed by atoms with Crippen LogP contribution in [0.1, 0.15) is 5.56 Å². The van der Waals surface area contributed by atoms with Gasteiger partial charge in [0.15, 0.2) is 0 Å². The van der Waals surface area contributed by atoms with Crippen molar-refractivity contribution in [1.82, 2.24) is 9.78 Å². The number of nitrogens with zero attached hydrogens (tertiary/aromatic N) is 3. The molecule has 3 rings (SSSR count). The normalized spacial score (nSPS) is 10.1. The van der Waals surface area contributed by atoms with Crippen LogP contribution in [-0.4, -0.2) is 9.78 Å². The minimum Gasteiger partial charge on any atom is -0.240 e. The van der Waals surface area contributed by atoms with E-state index >= 15 is 0 Å². The molecule has 1 heterocycles. The molecular formula is C16H11N3. The molecule has 19 heavy (non-hydrogen) atoms. The first kappa shape index (κ1) is 11.2. The fourth-order valence-electron chi connectivity index (χ4n) is 1.93. The quantitative estimate of drug-likeness (QED) is 0.694. The monoisotopic (exact) mass is 245 g/mol. The minimum absolute atomic E-state index is 0.666. The first-order valence-electron chi connectivity index (χ1n) is 5.97. The number of rotatable bonds is 2. The summed E-state index contributed by atoms with van der Waals surface area (Å²) in [4.78, 5) is 0. The van der Waals surface area contributed by atoms with E-state index in [2.05, 4.69) is 11.2 Å². The van der Waals surface area contributed by atoms with Crippen molar-refractivity contribution in [3.8, 4) is 22.9 Å². The fraction of sp³-hybridized carbons (Fsp3) is 0. The molecule has 0 aliphatic carbocycles. The van der Waals surface area contributed by atoms with Crippen molar-refractivity contribution in [1.29, 1.82) is 5.26 Å². The molecule has 0 saturated carbocycles. The summed E-state index contributed by atoms with van der Waals surface area (Å²) < 4.78 is 1.84. The highest BCUT2D eigenvalue weighted by atomic mass is 15.3. The van der Waals surface area contributed by atoms with Gasteiger partial charge in [0, 0.05) is 11.8 Å². The van der Waals surface area contributed by atoms with Crippen molar-refractivity contribution < 1.29 is 0 Å². The Kier molecular flexibility index (Phi) is 2.83. The third kappa shape index (κ3) is 2.24. The summed E-state index contributed by atoms with van der Waals surface area (Å²) in [6.07, 6.45) is 3.81. The van der Waals surface area contributed by atoms with Gasteiger partial charge >= 0.3 is 0 Å². The molecule has 0 atom stereocenters. The number of benzene rings is 2. The maximum atomic E-state index is 8.79. The van der Waals surface area contributed by atoms with Crippen LogP contribution in [-0.2, 0) is 0 Å². The molecule has 0 aliphatic rings. The van der Waals surface area contributed by atoms with Crippen molar-refractivity contribution in [2.24, 2.45) is 0 Å². The number of hydrogen-bond acceptors (Lipinski definition) is 2. The molecule has 0 radical (unpaired) electrons. The van der Waals surface area contributed by atoms with Crippen molar-refractivity contribution in [2.75, 3.05) is 0 Å². The summed E-state index contributed by atoms with van der Waals surface area (Å²) in [5.74, 6) is 0. The van der Waals surface area contributed by atoms with Crippen molar-refractivity contribution in [3.63, 3.8) is 0 Å². The van der Waals surface area contributed by atoms with E-state index in [0.29, 0.717) is 5.56 Å². The van der Waals surface area contributed by atoms with Crippen LogP contribution in [0, 0.1) is 11.3 Å². The Bertz CT molecular complexity index is 719. The zero-order chi connectivity index (χ0) is 13.1. The van der Waals surface area contributed by atoms with E-state index in [4.69, 9.17) is 5.26 Å². The van der Waals surface area contributed by atoms with Crippen LogP contribution in [0.4, 0.5) is 0 Å². The second-order valence-corrected chi connectivity index (χ2v) is 4.20. The van der Waals surface area contributed by atoms with Gasteiger partial charge in [-0.05, 0) is 29.8 Å². The third-order valence-electron chi connectivity index (χ3n) is 2.95. The molecular weight excluding hydrogens is 234 g/mol.